The van der Waals surface area contributed by atoms with Gasteiger partial charge >= 0.3 is 6.03 Å². The number of rotatable bonds is 5. The van der Waals surface area contributed by atoms with E-state index in [-0.39, 0.29) is 30.3 Å². The number of nitrogens with one attached hydrogen (secondary N) is 1. The molecule has 0 saturated carbocycles. The van der Waals surface area contributed by atoms with Crippen LogP contribution in [0.25, 0.3) is 10.8 Å². The van der Waals surface area contributed by atoms with Gasteiger partial charge in [0, 0.05) is 36.3 Å². The number of anilines is 1. The zero-order chi connectivity index (χ0) is 18.5. The molecule has 0 bridgehead atoms. The predicted octanol–water partition coefficient (Wildman–Crippen LogP) is 4.35. The Morgan fingerprint density at radius 1 is 1.22 bits per heavy atom. The van der Waals surface area contributed by atoms with Crippen LogP contribution in [0.3, 0.4) is 0 Å². The summed E-state index contributed by atoms with van der Waals surface area (Å²) in [7, 11) is 0. The van der Waals surface area contributed by atoms with Crippen LogP contribution >= 0.6 is 12.4 Å². The Morgan fingerprint density at radius 2 is 1.96 bits per heavy atom. The van der Waals surface area contributed by atoms with E-state index in [1.54, 1.807) is 29.4 Å². The Kier molecular flexibility index (Phi) is 7.10. The van der Waals surface area contributed by atoms with Crippen LogP contribution in [0.5, 0.6) is 0 Å². The van der Waals surface area contributed by atoms with Gasteiger partial charge in [-0.15, -0.1) is 12.4 Å². The number of nitrogens with zero attached hydrogens (tertiary/aromatic N) is 2. The lowest BCUT2D eigenvalue weighted by Crippen LogP contribution is -2.40. The SMILES string of the molecule is CC(c1ccc(F)cc1)N(CCN)C(=O)Nc1cccc2cnccc12.Cl. The van der Waals surface area contributed by atoms with Gasteiger partial charge in [-0.1, -0.05) is 24.3 Å². The molecule has 2 aromatic carbocycles. The lowest BCUT2D eigenvalue weighted by molar-refractivity contribution is 0.195. The maximum Gasteiger partial charge on any atom is 0.322 e. The number of carbonyl (C=O) groups excluding carboxylic acids is 1. The molecular weight excluding hydrogens is 367 g/mol. The highest BCUT2D eigenvalue weighted by Crippen LogP contribution is 2.25. The minimum absolute atomic E-state index is 0. The Hall–Kier alpha value is -2.70. The van der Waals surface area contributed by atoms with Gasteiger partial charge in [0.1, 0.15) is 5.82 Å². The van der Waals surface area contributed by atoms with Crippen LogP contribution in [-0.2, 0) is 0 Å². The number of halogens is 2. The van der Waals surface area contributed by atoms with E-state index in [1.165, 1.54) is 12.1 Å². The van der Waals surface area contributed by atoms with Crippen molar-refractivity contribution < 1.29 is 9.18 Å². The molecule has 0 fully saturated rings. The quantitative estimate of drug-likeness (QED) is 0.682. The molecule has 0 aliphatic carbocycles. The molecule has 7 heteroatoms. The van der Waals surface area contributed by atoms with Crippen LogP contribution in [0.2, 0.25) is 0 Å². The van der Waals surface area contributed by atoms with Crippen LogP contribution in [0.1, 0.15) is 18.5 Å². The number of nitrogens with two attached hydrogens (primary N) is 1. The molecule has 142 valence electrons. The van der Waals surface area contributed by atoms with Gasteiger partial charge in [-0.25, -0.2) is 9.18 Å². The predicted molar refractivity (Wildman–Crippen MR) is 109 cm³/mol. The molecule has 3 rings (SSSR count). The lowest BCUT2D eigenvalue weighted by Gasteiger charge is -2.29. The maximum absolute atomic E-state index is 13.2. The van der Waals surface area contributed by atoms with E-state index in [2.05, 4.69) is 10.3 Å². The van der Waals surface area contributed by atoms with Crippen molar-refractivity contribution in [1.82, 2.24) is 9.88 Å². The highest BCUT2D eigenvalue weighted by Gasteiger charge is 2.21. The molecule has 0 saturated heterocycles. The van der Waals surface area contributed by atoms with E-state index in [0.717, 1.165) is 16.3 Å². The van der Waals surface area contributed by atoms with Gasteiger partial charge in [-0.3, -0.25) is 4.98 Å². The van der Waals surface area contributed by atoms with E-state index in [9.17, 15) is 9.18 Å². The largest absolute Gasteiger partial charge is 0.329 e. The summed E-state index contributed by atoms with van der Waals surface area (Å²) in [5, 5.41) is 4.82. The Labute approximate surface area is 163 Å². The first kappa shape index (κ1) is 20.6. The fraction of sp³-hybridized carbons (Fsp3) is 0.200. The van der Waals surface area contributed by atoms with Gasteiger partial charge in [-0.2, -0.15) is 0 Å². The van der Waals surface area contributed by atoms with Crippen LogP contribution in [0.4, 0.5) is 14.9 Å². The van der Waals surface area contributed by atoms with Crippen molar-refractivity contribution in [2.24, 2.45) is 5.73 Å². The number of urea groups is 1. The molecule has 0 aliphatic rings. The van der Waals surface area contributed by atoms with E-state index in [4.69, 9.17) is 5.73 Å². The van der Waals surface area contributed by atoms with Crippen molar-refractivity contribution in [3.05, 3.63) is 72.3 Å². The topological polar surface area (TPSA) is 71.2 Å². The highest BCUT2D eigenvalue weighted by atomic mass is 35.5. The third-order valence-electron chi connectivity index (χ3n) is 4.37. The molecule has 2 amide bonds. The molecule has 3 N–H and O–H groups in total. The number of hydrogen-bond acceptors (Lipinski definition) is 3. The second kappa shape index (κ2) is 9.30. The minimum atomic E-state index is -0.305. The zero-order valence-electron chi connectivity index (χ0n) is 14.9. The van der Waals surface area contributed by atoms with E-state index in [0.29, 0.717) is 18.8 Å². The van der Waals surface area contributed by atoms with Crippen LogP contribution in [0.15, 0.2) is 60.9 Å². The van der Waals surface area contributed by atoms with Crippen molar-refractivity contribution >= 4 is 34.9 Å². The van der Waals surface area contributed by atoms with Gasteiger partial charge < -0.3 is 16.0 Å². The molecule has 0 radical (unpaired) electrons. The first-order valence-corrected chi connectivity index (χ1v) is 8.46. The van der Waals surface area contributed by atoms with Gasteiger partial charge in [0.2, 0.25) is 0 Å². The van der Waals surface area contributed by atoms with Crippen LogP contribution in [-0.4, -0.2) is 29.0 Å². The summed E-state index contributed by atoms with van der Waals surface area (Å²) in [5.41, 5.74) is 7.26. The van der Waals surface area contributed by atoms with Crippen LogP contribution < -0.4 is 11.1 Å². The summed E-state index contributed by atoms with van der Waals surface area (Å²) >= 11 is 0. The molecular formula is C20H22ClFN4O. The first-order valence-electron chi connectivity index (χ1n) is 8.46. The molecule has 0 spiro atoms. The normalized spacial score (nSPS) is 11.5. The molecule has 3 aromatic rings. The standard InChI is InChI=1S/C20H21FN4O.ClH/c1-14(15-5-7-17(21)8-6-15)25(12-10-22)20(26)24-19-4-2-3-16-13-23-11-9-18(16)19;/h2-9,11,13-14H,10,12,22H2,1H3,(H,24,26);1H. The third kappa shape index (κ3) is 4.72. The summed E-state index contributed by atoms with van der Waals surface area (Å²) < 4.78 is 13.2. The van der Waals surface area contributed by atoms with Gasteiger partial charge in [0.15, 0.2) is 0 Å². The number of benzene rings is 2. The minimum Gasteiger partial charge on any atom is -0.329 e. The first-order chi connectivity index (χ1) is 12.6. The summed E-state index contributed by atoms with van der Waals surface area (Å²) in [6, 6.07) is 13.2. The van der Waals surface area contributed by atoms with Crippen molar-refractivity contribution in [2.45, 2.75) is 13.0 Å². The molecule has 1 heterocycles. The van der Waals surface area contributed by atoms with E-state index >= 15 is 0 Å². The third-order valence-corrected chi connectivity index (χ3v) is 4.37. The summed E-state index contributed by atoms with van der Waals surface area (Å²) in [4.78, 5) is 18.6. The Morgan fingerprint density at radius 3 is 2.67 bits per heavy atom. The summed E-state index contributed by atoms with van der Waals surface area (Å²) in [6.07, 6.45) is 3.45. The molecule has 27 heavy (non-hydrogen) atoms. The highest BCUT2D eigenvalue weighted by molar-refractivity contribution is 6.01. The Bertz CT molecular complexity index is 899. The number of carbonyl (C=O) groups is 1. The number of amides is 2. The molecule has 1 aromatic heterocycles. The second-order valence-electron chi connectivity index (χ2n) is 6.04. The van der Waals surface area contributed by atoms with Gasteiger partial charge in [-0.05, 0) is 36.8 Å². The van der Waals surface area contributed by atoms with E-state index in [1.807, 2.05) is 31.2 Å². The fourth-order valence-electron chi connectivity index (χ4n) is 2.95. The number of fused-ring (bicyclic) bond motifs is 1. The molecule has 1 unspecified atom stereocenters. The van der Waals surface area contributed by atoms with E-state index < -0.39 is 0 Å². The number of aromatic nitrogens is 1. The van der Waals surface area contributed by atoms with Crippen molar-refractivity contribution in [1.29, 1.82) is 0 Å². The van der Waals surface area contributed by atoms with Gasteiger partial charge in [0.05, 0.1) is 11.7 Å². The zero-order valence-corrected chi connectivity index (χ0v) is 15.7. The fourth-order valence-corrected chi connectivity index (χ4v) is 2.95. The van der Waals surface area contributed by atoms with Crippen LogP contribution in [0, 0.1) is 5.82 Å². The van der Waals surface area contributed by atoms with Crippen molar-refractivity contribution in [3.8, 4) is 0 Å². The maximum atomic E-state index is 13.2. The summed E-state index contributed by atoms with van der Waals surface area (Å²) in [6.45, 7) is 2.62. The monoisotopic (exact) mass is 388 g/mol. The lowest BCUT2D eigenvalue weighted by atomic mass is 10.1. The molecule has 5 nitrogen and oxygen atoms in total. The number of pyridine rings is 1. The summed E-state index contributed by atoms with van der Waals surface area (Å²) in [5.74, 6) is -0.305. The van der Waals surface area contributed by atoms with Gasteiger partial charge in [0.25, 0.3) is 0 Å². The molecule has 0 aliphatic heterocycles. The average molecular weight is 389 g/mol. The second-order valence-corrected chi connectivity index (χ2v) is 6.04. The molecule has 1 atom stereocenters. The Balaban J connectivity index is 0.00000261. The van der Waals surface area contributed by atoms with Crippen molar-refractivity contribution in [2.75, 3.05) is 18.4 Å². The smallest absolute Gasteiger partial charge is 0.322 e. The van der Waals surface area contributed by atoms with Crippen molar-refractivity contribution in [3.63, 3.8) is 0 Å². The average Bonchev–Trinajstić information content (AvgIpc) is 2.66. The number of hydrogen-bond donors (Lipinski definition) is 2.